The molecule has 2 rings (SSSR count). The summed E-state index contributed by atoms with van der Waals surface area (Å²) in [6.45, 7) is 6.69. The number of amides is 1. The molecule has 2 aliphatic rings. The molecule has 0 spiro atoms. The minimum Gasteiger partial charge on any atom is -0.356 e. The lowest BCUT2D eigenvalue weighted by Crippen LogP contribution is -2.37. The van der Waals surface area contributed by atoms with Gasteiger partial charge in [0.1, 0.15) is 0 Å². The monoisotopic (exact) mass is 322 g/mol. The standard InChI is InChI=1S/C20H38N2O/c1-15(2)12-16-4-6-18(7-5-16)14-22-20(23)19-10-8-17(9-11-19)13-21-3/h15-19,21H,4-14H2,1-3H3,(H,22,23). The summed E-state index contributed by atoms with van der Waals surface area (Å²) >= 11 is 0. The fourth-order valence-electron chi connectivity index (χ4n) is 4.64. The maximum atomic E-state index is 12.4. The van der Waals surface area contributed by atoms with Crippen LogP contribution in [0.4, 0.5) is 0 Å². The van der Waals surface area contributed by atoms with Crippen molar-refractivity contribution in [1.29, 1.82) is 0 Å². The van der Waals surface area contributed by atoms with E-state index in [2.05, 4.69) is 24.5 Å². The van der Waals surface area contributed by atoms with Gasteiger partial charge in [-0.05, 0) is 82.2 Å². The lowest BCUT2D eigenvalue weighted by atomic mass is 9.78. The van der Waals surface area contributed by atoms with Crippen LogP contribution < -0.4 is 10.6 Å². The van der Waals surface area contributed by atoms with Gasteiger partial charge >= 0.3 is 0 Å². The van der Waals surface area contributed by atoms with Crippen molar-refractivity contribution in [2.24, 2.45) is 29.6 Å². The summed E-state index contributed by atoms with van der Waals surface area (Å²) in [5.41, 5.74) is 0. The maximum Gasteiger partial charge on any atom is 0.223 e. The third-order valence-electron chi connectivity index (χ3n) is 6.05. The highest BCUT2D eigenvalue weighted by Gasteiger charge is 2.27. The topological polar surface area (TPSA) is 41.1 Å². The average molecular weight is 323 g/mol. The molecular formula is C20H38N2O. The Labute approximate surface area is 143 Å². The van der Waals surface area contributed by atoms with E-state index in [4.69, 9.17) is 0 Å². The molecule has 2 N–H and O–H groups in total. The minimum atomic E-state index is 0.278. The minimum absolute atomic E-state index is 0.278. The van der Waals surface area contributed by atoms with Crippen LogP contribution in [0.5, 0.6) is 0 Å². The molecule has 2 aliphatic carbocycles. The molecule has 2 saturated carbocycles. The normalized spacial score (nSPS) is 32.0. The van der Waals surface area contributed by atoms with Crippen LogP contribution >= 0.6 is 0 Å². The van der Waals surface area contributed by atoms with Gasteiger partial charge in [-0.1, -0.05) is 26.7 Å². The van der Waals surface area contributed by atoms with E-state index in [-0.39, 0.29) is 5.92 Å². The third kappa shape index (κ3) is 6.45. The van der Waals surface area contributed by atoms with Crippen LogP contribution in [0.2, 0.25) is 0 Å². The Morgan fingerprint density at radius 1 is 0.870 bits per heavy atom. The maximum absolute atomic E-state index is 12.4. The Hall–Kier alpha value is -0.570. The van der Waals surface area contributed by atoms with Gasteiger partial charge in [0, 0.05) is 12.5 Å². The zero-order valence-electron chi connectivity index (χ0n) is 15.6. The van der Waals surface area contributed by atoms with Gasteiger partial charge in [0.15, 0.2) is 0 Å². The molecule has 0 unspecified atom stereocenters. The summed E-state index contributed by atoms with van der Waals surface area (Å²) < 4.78 is 0. The van der Waals surface area contributed by atoms with Crippen LogP contribution in [0.3, 0.4) is 0 Å². The van der Waals surface area contributed by atoms with E-state index in [1.807, 2.05) is 7.05 Å². The fourth-order valence-corrected chi connectivity index (χ4v) is 4.64. The van der Waals surface area contributed by atoms with E-state index in [0.717, 1.165) is 49.6 Å². The first kappa shape index (κ1) is 18.8. The lowest BCUT2D eigenvalue weighted by Gasteiger charge is -2.31. The van der Waals surface area contributed by atoms with Crippen molar-refractivity contribution in [3.05, 3.63) is 0 Å². The molecule has 2 fully saturated rings. The number of hydrogen-bond acceptors (Lipinski definition) is 2. The molecule has 3 heteroatoms. The zero-order valence-corrected chi connectivity index (χ0v) is 15.6. The molecular weight excluding hydrogens is 284 g/mol. The first-order valence-corrected chi connectivity index (χ1v) is 10.0. The molecule has 0 atom stereocenters. The Bertz CT molecular complexity index is 340. The molecule has 1 amide bonds. The number of carbonyl (C=O) groups excluding carboxylic acids is 1. The summed E-state index contributed by atoms with van der Waals surface area (Å²) in [5, 5.41) is 6.53. The first-order chi connectivity index (χ1) is 11.1. The van der Waals surface area contributed by atoms with Crippen molar-refractivity contribution in [2.75, 3.05) is 20.1 Å². The molecule has 0 aliphatic heterocycles. The molecule has 0 aromatic carbocycles. The number of hydrogen-bond donors (Lipinski definition) is 2. The van der Waals surface area contributed by atoms with Crippen LogP contribution in [0.25, 0.3) is 0 Å². The first-order valence-electron chi connectivity index (χ1n) is 10.0. The van der Waals surface area contributed by atoms with Crippen molar-refractivity contribution in [2.45, 2.75) is 71.6 Å². The second-order valence-electron chi connectivity index (χ2n) is 8.54. The summed E-state index contributed by atoms with van der Waals surface area (Å²) in [5.74, 6) is 3.87. The van der Waals surface area contributed by atoms with E-state index in [0.29, 0.717) is 5.91 Å². The van der Waals surface area contributed by atoms with Gasteiger partial charge in [-0.2, -0.15) is 0 Å². The highest BCUT2D eigenvalue weighted by molar-refractivity contribution is 5.78. The second-order valence-corrected chi connectivity index (χ2v) is 8.54. The number of rotatable bonds is 7. The summed E-state index contributed by atoms with van der Waals surface area (Å²) in [4.78, 5) is 12.4. The van der Waals surface area contributed by atoms with Crippen molar-refractivity contribution >= 4 is 5.91 Å². The highest BCUT2D eigenvalue weighted by atomic mass is 16.1. The molecule has 3 nitrogen and oxygen atoms in total. The quantitative estimate of drug-likeness (QED) is 0.744. The van der Waals surface area contributed by atoms with Crippen molar-refractivity contribution in [3.63, 3.8) is 0 Å². The van der Waals surface area contributed by atoms with Crippen molar-refractivity contribution < 1.29 is 4.79 Å². The Morgan fingerprint density at radius 2 is 1.39 bits per heavy atom. The van der Waals surface area contributed by atoms with E-state index in [9.17, 15) is 4.79 Å². The molecule has 0 radical (unpaired) electrons. The molecule has 23 heavy (non-hydrogen) atoms. The third-order valence-corrected chi connectivity index (χ3v) is 6.05. The molecule has 0 saturated heterocycles. The molecule has 134 valence electrons. The lowest BCUT2D eigenvalue weighted by molar-refractivity contribution is -0.126. The zero-order chi connectivity index (χ0) is 16.7. The van der Waals surface area contributed by atoms with E-state index in [1.165, 1.54) is 44.9 Å². The predicted octanol–water partition coefficient (Wildman–Crippen LogP) is 3.98. The van der Waals surface area contributed by atoms with Gasteiger partial charge in [0.2, 0.25) is 5.91 Å². The number of nitrogens with one attached hydrogen (secondary N) is 2. The average Bonchev–Trinajstić information content (AvgIpc) is 2.54. The number of carbonyl (C=O) groups is 1. The molecule has 0 bridgehead atoms. The molecule has 0 aromatic rings. The molecule has 0 aromatic heterocycles. The Morgan fingerprint density at radius 3 is 1.96 bits per heavy atom. The van der Waals surface area contributed by atoms with E-state index in [1.54, 1.807) is 0 Å². The van der Waals surface area contributed by atoms with Crippen LogP contribution in [0.1, 0.15) is 71.6 Å². The SMILES string of the molecule is CNCC1CCC(C(=O)NCC2CCC(CC(C)C)CC2)CC1. The van der Waals surface area contributed by atoms with Gasteiger partial charge < -0.3 is 10.6 Å². The Balaban J connectivity index is 1.60. The second kappa shape index (κ2) is 9.66. The van der Waals surface area contributed by atoms with Crippen LogP contribution in [-0.4, -0.2) is 26.0 Å². The summed E-state index contributed by atoms with van der Waals surface area (Å²) in [7, 11) is 2.02. The van der Waals surface area contributed by atoms with Gasteiger partial charge in [0.25, 0.3) is 0 Å². The van der Waals surface area contributed by atoms with Crippen molar-refractivity contribution in [1.82, 2.24) is 10.6 Å². The Kier molecular flexibility index (Phi) is 7.88. The largest absolute Gasteiger partial charge is 0.356 e. The molecule has 0 heterocycles. The van der Waals surface area contributed by atoms with E-state index >= 15 is 0 Å². The highest BCUT2D eigenvalue weighted by Crippen LogP contribution is 2.33. The van der Waals surface area contributed by atoms with Crippen LogP contribution in [-0.2, 0) is 4.79 Å². The van der Waals surface area contributed by atoms with Gasteiger partial charge in [-0.15, -0.1) is 0 Å². The fraction of sp³-hybridized carbons (Fsp3) is 0.950. The smallest absolute Gasteiger partial charge is 0.223 e. The van der Waals surface area contributed by atoms with Crippen molar-refractivity contribution in [3.8, 4) is 0 Å². The van der Waals surface area contributed by atoms with Gasteiger partial charge in [0.05, 0.1) is 0 Å². The van der Waals surface area contributed by atoms with Crippen LogP contribution in [0, 0.1) is 29.6 Å². The van der Waals surface area contributed by atoms with E-state index < -0.39 is 0 Å². The summed E-state index contributed by atoms with van der Waals surface area (Å²) in [6, 6.07) is 0. The van der Waals surface area contributed by atoms with Gasteiger partial charge in [-0.3, -0.25) is 4.79 Å². The van der Waals surface area contributed by atoms with Crippen LogP contribution in [0.15, 0.2) is 0 Å². The van der Waals surface area contributed by atoms with Gasteiger partial charge in [-0.25, -0.2) is 0 Å². The summed E-state index contributed by atoms with van der Waals surface area (Å²) in [6.07, 6.45) is 11.3. The predicted molar refractivity (Wildman–Crippen MR) is 97.3 cm³/mol.